The minimum atomic E-state index is -0.724. The number of nitro groups is 1. The Labute approximate surface area is 207 Å². The lowest BCUT2D eigenvalue weighted by Crippen LogP contribution is -2.48. The summed E-state index contributed by atoms with van der Waals surface area (Å²) in [6.07, 6.45) is 0.719. The van der Waals surface area contributed by atoms with Crippen molar-refractivity contribution in [3.8, 4) is 0 Å². The van der Waals surface area contributed by atoms with Crippen LogP contribution in [0.3, 0.4) is 0 Å². The molecule has 0 saturated carbocycles. The highest BCUT2D eigenvalue weighted by Crippen LogP contribution is 2.32. The van der Waals surface area contributed by atoms with Crippen LogP contribution in [0.1, 0.15) is 49.2 Å². The molecule has 0 unspecified atom stereocenters. The Morgan fingerprint density at radius 3 is 2.49 bits per heavy atom. The lowest BCUT2D eigenvalue weighted by molar-refractivity contribution is -0.384. The van der Waals surface area contributed by atoms with Crippen molar-refractivity contribution in [3.05, 3.63) is 80.0 Å². The van der Waals surface area contributed by atoms with Crippen molar-refractivity contribution in [3.63, 3.8) is 0 Å². The second-order valence-corrected chi connectivity index (χ2v) is 8.16. The van der Waals surface area contributed by atoms with Gasteiger partial charge in [-0.15, -0.1) is 0 Å². The summed E-state index contributed by atoms with van der Waals surface area (Å²) in [5.74, 6) is -1.07. The van der Waals surface area contributed by atoms with Crippen LogP contribution in [0.15, 0.2) is 53.7 Å². The van der Waals surface area contributed by atoms with Gasteiger partial charge in [-0.1, -0.05) is 30.7 Å². The third-order valence-electron chi connectivity index (χ3n) is 5.45. The summed E-state index contributed by atoms with van der Waals surface area (Å²) < 4.78 is 5.24. The van der Waals surface area contributed by atoms with Gasteiger partial charge in [-0.05, 0) is 50.1 Å². The predicted octanol–water partition coefficient (Wildman–Crippen LogP) is 4.81. The summed E-state index contributed by atoms with van der Waals surface area (Å²) in [7, 11) is 0. The minimum Gasteiger partial charge on any atom is -0.463 e. The van der Waals surface area contributed by atoms with E-state index in [0.29, 0.717) is 29.1 Å². The maximum atomic E-state index is 12.7. The van der Waals surface area contributed by atoms with Crippen LogP contribution < -0.4 is 10.6 Å². The number of hydrogen-bond acceptors (Lipinski definition) is 6. The van der Waals surface area contributed by atoms with Crippen LogP contribution in [0.25, 0.3) is 0 Å². The molecule has 2 aromatic rings. The van der Waals surface area contributed by atoms with Gasteiger partial charge in [0.05, 0.1) is 23.1 Å². The molecule has 0 spiro atoms. The molecule has 3 amide bonds. The largest absolute Gasteiger partial charge is 0.463 e. The molecule has 10 nitrogen and oxygen atoms in total. The smallest absolute Gasteiger partial charge is 0.338 e. The molecule has 35 heavy (non-hydrogen) atoms. The Balaban J connectivity index is 1.86. The summed E-state index contributed by atoms with van der Waals surface area (Å²) >= 11 is 5.81. The number of allylic oxidation sites excluding steroid dienone is 1. The number of rotatable bonds is 8. The number of ether oxygens (including phenoxy) is 1. The molecule has 0 fully saturated rings. The number of benzene rings is 2. The van der Waals surface area contributed by atoms with E-state index in [0.717, 1.165) is 12.5 Å². The lowest BCUT2D eigenvalue weighted by Gasteiger charge is -2.35. The predicted molar refractivity (Wildman–Crippen MR) is 130 cm³/mol. The van der Waals surface area contributed by atoms with E-state index in [2.05, 4.69) is 10.6 Å². The van der Waals surface area contributed by atoms with Crippen molar-refractivity contribution in [1.29, 1.82) is 0 Å². The number of nitrogens with zero attached hydrogens (tertiary/aromatic N) is 2. The quantitative estimate of drug-likeness (QED) is 0.303. The molecule has 1 atom stereocenters. The molecule has 2 N–H and O–H groups in total. The first-order valence-corrected chi connectivity index (χ1v) is 11.4. The highest BCUT2D eigenvalue weighted by Gasteiger charge is 2.36. The number of carbonyl (C=O) groups is 3. The topological polar surface area (TPSA) is 131 Å². The molecule has 3 rings (SSSR count). The molecule has 0 aliphatic carbocycles. The maximum absolute atomic E-state index is 12.7. The molecule has 0 aromatic heterocycles. The number of urea groups is 1. The Morgan fingerprint density at radius 1 is 1.20 bits per heavy atom. The molecule has 0 saturated heterocycles. The highest BCUT2D eigenvalue weighted by atomic mass is 35.5. The van der Waals surface area contributed by atoms with Crippen molar-refractivity contribution in [2.45, 2.75) is 33.2 Å². The molecule has 1 aliphatic rings. The van der Waals surface area contributed by atoms with Gasteiger partial charge >= 0.3 is 12.0 Å². The Kier molecular flexibility index (Phi) is 8.08. The molecule has 1 heterocycles. The van der Waals surface area contributed by atoms with Gasteiger partial charge in [0.1, 0.15) is 5.02 Å². The van der Waals surface area contributed by atoms with Crippen LogP contribution in [0, 0.1) is 10.1 Å². The second kappa shape index (κ2) is 11.0. The third-order valence-corrected chi connectivity index (χ3v) is 5.77. The molecular formula is C24H25ClN4O6. The highest BCUT2D eigenvalue weighted by molar-refractivity contribution is 6.32. The van der Waals surface area contributed by atoms with Crippen LogP contribution in [0.4, 0.5) is 16.2 Å². The molecular weight excluding hydrogens is 476 g/mol. The van der Waals surface area contributed by atoms with Gasteiger partial charge < -0.3 is 15.4 Å². The van der Waals surface area contributed by atoms with Crippen molar-refractivity contribution in [2.24, 2.45) is 0 Å². The summed E-state index contributed by atoms with van der Waals surface area (Å²) in [5, 5.41) is 16.5. The van der Waals surface area contributed by atoms with E-state index >= 15 is 0 Å². The van der Waals surface area contributed by atoms with Crippen LogP contribution in [0.5, 0.6) is 0 Å². The summed E-state index contributed by atoms with van der Waals surface area (Å²) in [6, 6.07) is 9.31. The maximum Gasteiger partial charge on any atom is 0.338 e. The van der Waals surface area contributed by atoms with Crippen molar-refractivity contribution in [1.82, 2.24) is 10.2 Å². The first-order chi connectivity index (χ1) is 16.7. The minimum absolute atomic E-state index is 0.0660. The van der Waals surface area contributed by atoms with E-state index in [1.165, 1.54) is 17.0 Å². The number of esters is 1. The number of nitrogens with one attached hydrogen (secondary N) is 2. The Morgan fingerprint density at radius 2 is 1.89 bits per heavy atom. The van der Waals surface area contributed by atoms with E-state index in [1.54, 1.807) is 38.1 Å². The van der Waals surface area contributed by atoms with Crippen LogP contribution in [-0.4, -0.2) is 40.9 Å². The van der Waals surface area contributed by atoms with Crippen LogP contribution in [0.2, 0.25) is 5.02 Å². The van der Waals surface area contributed by atoms with Crippen molar-refractivity contribution in [2.75, 3.05) is 18.5 Å². The first-order valence-electron chi connectivity index (χ1n) is 11.0. The lowest BCUT2D eigenvalue weighted by atomic mass is 9.94. The Bertz CT molecular complexity index is 1200. The SMILES string of the molecule is CCCN1C(=O)N[C@H](c2ccc(NC(=O)c3ccc(Cl)c([N+](=O)[O-])c3)cc2)C(C(=O)OCC)=C1C. The van der Waals surface area contributed by atoms with E-state index in [-0.39, 0.29) is 28.9 Å². The van der Waals surface area contributed by atoms with Gasteiger partial charge in [0.15, 0.2) is 0 Å². The van der Waals surface area contributed by atoms with Crippen molar-refractivity contribution >= 4 is 40.9 Å². The number of nitro benzene ring substituents is 1. The zero-order chi connectivity index (χ0) is 25.7. The van der Waals surface area contributed by atoms with E-state index in [1.807, 2.05) is 6.92 Å². The van der Waals surface area contributed by atoms with E-state index in [9.17, 15) is 24.5 Å². The summed E-state index contributed by atoms with van der Waals surface area (Å²) in [6.45, 7) is 6.01. The molecule has 0 bridgehead atoms. The third kappa shape index (κ3) is 5.60. The number of amides is 3. The fourth-order valence-corrected chi connectivity index (χ4v) is 3.94. The average molecular weight is 501 g/mol. The van der Waals surface area contributed by atoms with E-state index < -0.39 is 22.8 Å². The molecule has 2 aromatic carbocycles. The number of anilines is 1. The van der Waals surface area contributed by atoms with Gasteiger partial charge in [0.2, 0.25) is 0 Å². The molecule has 1 aliphatic heterocycles. The molecule has 0 radical (unpaired) electrons. The number of halogens is 1. The fraction of sp³-hybridized carbons (Fsp3) is 0.292. The van der Waals surface area contributed by atoms with E-state index in [4.69, 9.17) is 16.3 Å². The molecule has 184 valence electrons. The summed E-state index contributed by atoms with van der Waals surface area (Å²) in [4.78, 5) is 49.9. The van der Waals surface area contributed by atoms with Crippen molar-refractivity contribution < 1.29 is 24.0 Å². The number of hydrogen-bond donors (Lipinski definition) is 2. The summed E-state index contributed by atoms with van der Waals surface area (Å²) in [5.41, 5.74) is 1.62. The van der Waals surface area contributed by atoms with Gasteiger partial charge in [-0.3, -0.25) is 19.8 Å². The fourth-order valence-electron chi connectivity index (χ4n) is 3.75. The van der Waals surface area contributed by atoms with Gasteiger partial charge in [-0.25, -0.2) is 9.59 Å². The monoisotopic (exact) mass is 500 g/mol. The average Bonchev–Trinajstić information content (AvgIpc) is 2.82. The van der Waals surface area contributed by atoms with Gasteiger partial charge in [0, 0.05) is 29.6 Å². The normalized spacial score (nSPS) is 15.5. The second-order valence-electron chi connectivity index (χ2n) is 7.75. The van der Waals surface area contributed by atoms with Gasteiger partial charge in [0.25, 0.3) is 11.6 Å². The standard InChI is InChI=1S/C24H25ClN4O6/c1-4-12-28-14(3)20(23(31)35-5-2)21(27-24(28)32)15-6-9-17(10-7-15)26-22(30)16-8-11-18(25)19(13-16)29(33)34/h6-11,13,21H,4-5,12H2,1-3H3,(H,26,30)(H,27,32)/t21-/m1/s1. The number of carbonyl (C=O) groups excluding carboxylic acids is 3. The zero-order valence-corrected chi connectivity index (χ0v) is 20.2. The zero-order valence-electron chi connectivity index (χ0n) is 19.5. The Hall–Kier alpha value is -3.92. The van der Waals surface area contributed by atoms with Crippen LogP contribution >= 0.6 is 11.6 Å². The first kappa shape index (κ1) is 25.7. The molecule has 11 heteroatoms. The van der Waals surface area contributed by atoms with Crippen LogP contribution in [-0.2, 0) is 9.53 Å². The van der Waals surface area contributed by atoms with Gasteiger partial charge in [-0.2, -0.15) is 0 Å².